The number of amides is 1. The fourth-order valence-electron chi connectivity index (χ4n) is 2.05. The lowest BCUT2D eigenvalue weighted by atomic mass is 10.1. The van der Waals surface area contributed by atoms with E-state index in [0.717, 1.165) is 17.0 Å². The van der Waals surface area contributed by atoms with Crippen LogP contribution in [-0.4, -0.2) is 23.0 Å². The Morgan fingerprint density at radius 3 is 2.68 bits per heavy atom. The van der Waals surface area contributed by atoms with Crippen LogP contribution in [0.3, 0.4) is 0 Å². The fraction of sp³-hybridized carbons (Fsp3) is 0.0625. The maximum atomic E-state index is 11.5. The average Bonchev–Trinajstić information content (AvgIpc) is 3.04. The molecule has 1 amide bonds. The first-order valence-corrected chi connectivity index (χ1v) is 7.42. The highest BCUT2D eigenvalue weighted by Crippen LogP contribution is 2.30. The molecule has 5 nitrogen and oxygen atoms in total. The Morgan fingerprint density at radius 1 is 1.23 bits per heavy atom. The highest BCUT2D eigenvalue weighted by molar-refractivity contribution is 7.13. The van der Waals surface area contributed by atoms with E-state index in [-0.39, 0.29) is 0 Å². The van der Waals surface area contributed by atoms with Gasteiger partial charge in [-0.15, -0.1) is 11.3 Å². The lowest BCUT2D eigenvalue weighted by Crippen LogP contribution is -2.12. The summed E-state index contributed by atoms with van der Waals surface area (Å²) < 4.78 is 5.14. The number of nitrogens with two attached hydrogens (primary N) is 1. The fourth-order valence-corrected chi connectivity index (χ4v) is 2.89. The quantitative estimate of drug-likeness (QED) is 0.803. The number of pyridine rings is 1. The van der Waals surface area contributed by atoms with E-state index in [1.54, 1.807) is 25.4 Å². The number of hydrogen-bond acceptors (Lipinski definition) is 5. The van der Waals surface area contributed by atoms with Crippen molar-refractivity contribution in [2.75, 3.05) is 7.11 Å². The number of nitrogens with zero attached hydrogens (tertiary/aromatic N) is 2. The Hall–Kier alpha value is -2.73. The number of primary amides is 1. The summed E-state index contributed by atoms with van der Waals surface area (Å²) in [5.41, 5.74) is 8.07. The van der Waals surface area contributed by atoms with Crippen molar-refractivity contribution in [2.24, 2.45) is 5.73 Å². The molecule has 0 bridgehead atoms. The van der Waals surface area contributed by atoms with Crippen molar-refractivity contribution >= 4 is 17.2 Å². The Labute approximate surface area is 131 Å². The van der Waals surface area contributed by atoms with Crippen molar-refractivity contribution in [1.82, 2.24) is 9.97 Å². The predicted octanol–water partition coefficient (Wildman–Crippen LogP) is 2.98. The standard InChI is InChI=1S/C16H13N3O2S/c1-21-11-6-4-10(5-7-11)13-9-22-16(19-13)14-12(15(17)20)3-2-8-18-14/h2-9H,1H3,(H2,17,20). The average molecular weight is 311 g/mol. The summed E-state index contributed by atoms with van der Waals surface area (Å²) in [5.74, 6) is 0.282. The molecule has 0 aliphatic carbocycles. The lowest BCUT2D eigenvalue weighted by molar-refractivity contribution is 0.100. The third kappa shape index (κ3) is 2.68. The minimum Gasteiger partial charge on any atom is -0.497 e. The predicted molar refractivity (Wildman–Crippen MR) is 85.9 cm³/mol. The van der Waals surface area contributed by atoms with Crippen LogP contribution < -0.4 is 10.5 Å². The maximum absolute atomic E-state index is 11.5. The van der Waals surface area contributed by atoms with Crippen molar-refractivity contribution < 1.29 is 9.53 Å². The largest absolute Gasteiger partial charge is 0.497 e. The van der Waals surface area contributed by atoms with E-state index in [4.69, 9.17) is 10.5 Å². The molecule has 6 heteroatoms. The molecule has 0 spiro atoms. The molecule has 0 atom stereocenters. The summed E-state index contributed by atoms with van der Waals surface area (Å²) in [5, 5.41) is 2.59. The SMILES string of the molecule is COc1ccc(-c2csc(-c3ncccc3C(N)=O)n2)cc1. The van der Waals surface area contributed by atoms with Gasteiger partial charge in [-0.3, -0.25) is 9.78 Å². The third-order valence-corrected chi connectivity index (χ3v) is 4.01. The molecule has 0 saturated carbocycles. The van der Waals surface area contributed by atoms with Crippen molar-refractivity contribution in [3.8, 4) is 27.7 Å². The molecule has 2 heterocycles. The van der Waals surface area contributed by atoms with Gasteiger partial charge in [0.25, 0.3) is 5.91 Å². The highest BCUT2D eigenvalue weighted by atomic mass is 32.1. The van der Waals surface area contributed by atoms with Crippen LogP contribution in [0, 0.1) is 0 Å². The molecular formula is C16H13N3O2S. The van der Waals surface area contributed by atoms with Crippen LogP contribution in [-0.2, 0) is 0 Å². The minimum absolute atomic E-state index is 0.373. The molecule has 0 aliphatic rings. The van der Waals surface area contributed by atoms with Crippen LogP contribution in [0.2, 0.25) is 0 Å². The van der Waals surface area contributed by atoms with E-state index < -0.39 is 5.91 Å². The van der Waals surface area contributed by atoms with E-state index in [9.17, 15) is 4.79 Å². The van der Waals surface area contributed by atoms with Gasteiger partial charge in [-0.1, -0.05) is 0 Å². The zero-order valence-electron chi connectivity index (χ0n) is 11.8. The summed E-state index contributed by atoms with van der Waals surface area (Å²) in [7, 11) is 1.63. The molecule has 0 radical (unpaired) electrons. The number of thiazole rings is 1. The smallest absolute Gasteiger partial charge is 0.251 e. The molecule has 22 heavy (non-hydrogen) atoms. The molecule has 1 aromatic carbocycles. The second-order valence-corrected chi connectivity index (χ2v) is 5.39. The molecule has 2 aromatic heterocycles. The highest BCUT2D eigenvalue weighted by Gasteiger charge is 2.14. The van der Waals surface area contributed by atoms with Gasteiger partial charge in [0.05, 0.1) is 18.4 Å². The Morgan fingerprint density at radius 2 is 2.00 bits per heavy atom. The molecule has 0 aliphatic heterocycles. The van der Waals surface area contributed by atoms with E-state index in [0.29, 0.717) is 16.3 Å². The number of methoxy groups -OCH3 is 1. The summed E-state index contributed by atoms with van der Waals surface area (Å²) in [6.45, 7) is 0. The van der Waals surface area contributed by atoms with Gasteiger partial charge in [-0.2, -0.15) is 0 Å². The minimum atomic E-state index is -0.510. The van der Waals surface area contributed by atoms with Gasteiger partial charge in [0.1, 0.15) is 16.5 Å². The molecule has 3 aromatic rings. The van der Waals surface area contributed by atoms with E-state index in [1.165, 1.54) is 11.3 Å². The van der Waals surface area contributed by atoms with Gasteiger partial charge in [0, 0.05) is 17.1 Å². The Bertz CT molecular complexity index is 812. The zero-order valence-corrected chi connectivity index (χ0v) is 12.6. The van der Waals surface area contributed by atoms with E-state index in [2.05, 4.69) is 9.97 Å². The molecule has 3 rings (SSSR count). The Kier molecular flexibility index (Phi) is 3.84. The molecule has 0 fully saturated rings. The van der Waals surface area contributed by atoms with Crippen molar-refractivity contribution in [3.63, 3.8) is 0 Å². The maximum Gasteiger partial charge on any atom is 0.251 e. The molecule has 0 saturated heterocycles. The van der Waals surface area contributed by atoms with Gasteiger partial charge in [0.2, 0.25) is 0 Å². The van der Waals surface area contributed by atoms with Crippen LogP contribution >= 0.6 is 11.3 Å². The van der Waals surface area contributed by atoms with Crippen molar-refractivity contribution in [2.45, 2.75) is 0 Å². The number of benzene rings is 1. The van der Waals surface area contributed by atoms with Gasteiger partial charge in [-0.05, 0) is 36.4 Å². The first-order chi connectivity index (χ1) is 10.7. The molecule has 0 unspecified atom stereocenters. The second kappa shape index (κ2) is 5.95. The topological polar surface area (TPSA) is 78.1 Å². The summed E-state index contributed by atoms with van der Waals surface area (Å²) in [6.07, 6.45) is 1.62. The number of aromatic nitrogens is 2. The number of ether oxygens (including phenoxy) is 1. The third-order valence-electron chi connectivity index (χ3n) is 3.17. The van der Waals surface area contributed by atoms with Gasteiger partial charge < -0.3 is 10.5 Å². The summed E-state index contributed by atoms with van der Waals surface area (Å²) in [6, 6.07) is 11.0. The molecular weight excluding hydrogens is 298 g/mol. The number of rotatable bonds is 4. The number of carbonyl (C=O) groups is 1. The Balaban J connectivity index is 1.98. The van der Waals surface area contributed by atoms with Gasteiger partial charge in [-0.25, -0.2) is 4.98 Å². The van der Waals surface area contributed by atoms with Crippen molar-refractivity contribution in [1.29, 1.82) is 0 Å². The second-order valence-electron chi connectivity index (χ2n) is 4.53. The normalized spacial score (nSPS) is 10.4. The summed E-state index contributed by atoms with van der Waals surface area (Å²) >= 11 is 1.43. The first-order valence-electron chi connectivity index (χ1n) is 6.54. The lowest BCUT2D eigenvalue weighted by Gasteiger charge is -2.02. The summed E-state index contributed by atoms with van der Waals surface area (Å²) in [4.78, 5) is 20.3. The van der Waals surface area contributed by atoms with Crippen LogP contribution in [0.1, 0.15) is 10.4 Å². The van der Waals surface area contributed by atoms with Crippen LogP contribution in [0.15, 0.2) is 48.0 Å². The van der Waals surface area contributed by atoms with Gasteiger partial charge in [0.15, 0.2) is 0 Å². The van der Waals surface area contributed by atoms with E-state index >= 15 is 0 Å². The number of carbonyl (C=O) groups excluding carboxylic acids is 1. The van der Waals surface area contributed by atoms with E-state index in [1.807, 2.05) is 29.6 Å². The van der Waals surface area contributed by atoms with Crippen LogP contribution in [0.4, 0.5) is 0 Å². The first kappa shape index (κ1) is 14.2. The van der Waals surface area contributed by atoms with Crippen LogP contribution in [0.25, 0.3) is 22.0 Å². The van der Waals surface area contributed by atoms with Crippen molar-refractivity contribution in [3.05, 3.63) is 53.5 Å². The molecule has 110 valence electrons. The number of hydrogen-bond donors (Lipinski definition) is 1. The zero-order chi connectivity index (χ0) is 15.5. The van der Waals surface area contributed by atoms with Gasteiger partial charge >= 0.3 is 0 Å². The monoisotopic (exact) mass is 311 g/mol. The van der Waals surface area contributed by atoms with Crippen LogP contribution in [0.5, 0.6) is 5.75 Å². The molecule has 2 N–H and O–H groups in total.